The van der Waals surface area contributed by atoms with Crippen LogP contribution in [-0.2, 0) is 24.7 Å². The first-order chi connectivity index (χ1) is 15.8. The van der Waals surface area contributed by atoms with Gasteiger partial charge in [-0.3, -0.25) is 15.1 Å². The molecule has 1 aliphatic rings. The van der Waals surface area contributed by atoms with Crippen molar-refractivity contribution in [1.82, 2.24) is 25.1 Å². The van der Waals surface area contributed by atoms with Crippen molar-refractivity contribution in [2.24, 2.45) is 0 Å². The molecule has 0 aliphatic heterocycles. The molecule has 8 heteroatoms. The number of fused-ring (bicyclic) bond motifs is 1. The maximum atomic E-state index is 12.7. The SMILES string of the molecule is CC(C)(C)c1cc(NC(=O)NCCCc2ccccc2)n(-c2nc3c(c(=O)[nH]2)CCCC3)n1. The number of H-pyrrole nitrogens is 1. The number of urea groups is 1. The third-order valence-corrected chi connectivity index (χ3v) is 5.87. The van der Waals surface area contributed by atoms with E-state index in [9.17, 15) is 9.59 Å². The highest BCUT2D eigenvalue weighted by Crippen LogP contribution is 2.26. The predicted molar refractivity (Wildman–Crippen MR) is 129 cm³/mol. The van der Waals surface area contributed by atoms with E-state index in [1.165, 1.54) is 10.2 Å². The highest BCUT2D eigenvalue weighted by Gasteiger charge is 2.24. The second kappa shape index (κ2) is 9.60. The number of nitrogens with zero attached hydrogens (tertiary/aromatic N) is 3. The Morgan fingerprint density at radius 1 is 1.15 bits per heavy atom. The summed E-state index contributed by atoms with van der Waals surface area (Å²) in [7, 11) is 0. The van der Waals surface area contributed by atoms with E-state index in [1.54, 1.807) is 0 Å². The maximum absolute atomic E-state index is 12.7. The van der Waals surface area contributed by atoms with Crippen LogP contribution in [0.2, 0.25) is 0 Å². The third-order valence-electron chi connectivity index (χ3n) is 5.87. The minimum atomic E-state index is -0.315. The van der Waals surface area contributed by atoms with E-state index in [-0.39, 0.29) is 17.0 Å². The molecule has 1 aliphatic carbocycles. The van der Waals surface area contributed by atoms with Crippen molar-refractivity contribution in [2.45, 2.75) is 64.7 Å². The molecule has 3 aromatic rings. The summed E-state index contributed by atoms with van der Waals surface area (Å²) < 4.78 is 1.53. The van der Waals surface area contributed by atoms with Crippen LogP contribution in [0.5, 0.6) is 0 Å². The van der Waals surface area contributed by atoms with Gasteiger partial charge in [-0.15, -0.1) is 0 Å². The van der Waals surface area contributed by atoms with Crippen LogP contribution in [0.15, 0.2) is 41.2 Å². The van der Waals surface area contributed by atoms with E-state index < -0.39 is 0 Å². The van der Waals surface area contributed by atoms with Crippen LogP contribution in [-0.4, -0.2) is 32.3 Å². The molecule has 1 aromatic carbocycles. The lowest BCUT2D eigenvalue weighted by atomic mass is 9.92. The lowest BCUT2D eigenvalue weighted by molar-refractivity contribution is 0.252. The molecule has 33 heavy (non-hydrogen) atoms. The van der Waals surface area contributed by atoms with Crippen LogP contribution in [0.25, 0.3) is 5.95 Å². The van der Waals surface area contributed by atoms with Crippen molar-refractivity contribution in [1.29, 1.82) is 0 Å². The molecule has 0 saturated heterocycles. The third kappa shape index (κ3) is 5.50. The van der Waals surface area contributed by atoms with E-state index in [4.69, 9.17) is 0 Å². The topological polar surface area (TPSA) is 105 Å². The second-order valence-electron chi connectivity index (χ2n) is 9.57. The largest absolute Gasteiger partial charge is 0.338 e. The smallest absolute Gasteiger partial charge is 0.320 e. The van der Waals surface area contributed by atoms with Crippen LogP contribution in [0.3, 0.4) is 0 Å². The first-order valence-corrected chi connectivity index (χ1v) is 11.6. The summed E-state index contributed by atoms with van der Waals surface area (Å²) in [6.45, 7) is 6.71. The molecule has 0 saturated carbocycles. The monoisotopic (exact) mass is 448 g/mol. The van der Waals surface area contributed by atoms with Gasteiger partial charge in [0.05, 0.1) is 11.4 Å². The highest BCUT2D eigenvalue weighted by molar-refractivity contribution is 5.88. The van der Waals surface area contributed by atoms with Crippen molar-refractivity contribution in [3.8, 4) is 5.95 Å². The van der Waals surface area contributed by atoms with Crippen molar-refractivity contribution in [3.05, 3.63) is 69.3 Å². The first kappa shape index (κ1) is 22.8. The van der Waals surface area contributed by atoms with Gasteiger partial charge < -0.3 is 5.32 Å². The van der Waals surface area contributed by atoms with Crippen LogP contribution in [0.4, 0.5) is 10.6 Å². The zero-order chi connectivity index (χ0) is 23.4. The molecule has 4 rings (SSSR count). The molecule has 0 radical (unpaired) electrons. The van der Waals surface area contributed by atoms with Gasteiger partial charge in [0.15, 0.2) is 0 Å². The quantitative estimate of drug-likeness (QED) is 0.498. The predicted octanol–water partition coefficient (Wildman–Crippen LogP) is 3.89. The number of carbonyl (C=O) groups is 1. The number of aromatic amines is 1. The lowest BCUT2D eigenvalue weighted by Gasteiger charge is -2.16. The number of aryl methyl sites for hydroxylation is 2. The van der Waals surface area contributed by atoms with E-state index in [2.05, 4.69) is 58.6 Å². The summed E-state index contributed by atoms with van der Waals surface area (Å²) in [6, 6.07) is 11.7. The number of benzene rings is 1. The average Bonchev–Trinajstić information content (AvgIpc) is 3.22. The number of rotatable bonds is 6. The summed E-state index contributed by atoms with van der Waals surface area (Å²) in [5, 5.41) is 10.5. The summed E-state index contributed by atoms with van der Waals surface area (Å²) in [5.74, 6) is 0.801. The molecule has 2 amide bonds. The number of nitrogens with one attached hydrogen (secondary N) is 3. The molecule has 0 unspecified atom stereocenters. The number of hydrogen-bond donors (Lipinski definition) is 3. The summed E-state index contributed by atoms with van der Waals surface area (Å²) in [5.41, 5.74) is 3.27. The van der Waals surface area contributed by atoms with E-state index >= 15 is 0 Å². The van der Waals surface area contributed by atoms with E-state index in [0.29, 0.717) is 18.3 Å². The zero-order valence-electron chi connectivity index (χ0n) is 19.6. The molecule has 0 fully saturated rings. The number of carbonyl (C=O) groups excluding carboxylic acids is 1. The Balaban J connectivity index is 1.50. The summed E-state index contributed by atoms with van der Waals surface area (Å²) in [6.07, 6.45) is 5.29. The van der Waals surface area contributed by atoms with Gasteiger partial charge in [-0.25, -0.2) is 9.78 Å². The lowest BCUT2D eigenvalue weighted by Crippen LogP contribution is -2.31. The molecular weight excluding hydrogens is 416 g/mol. The van der Waals surface area contributed by atoms with Gasteiger partial charge in [-0.2, -0.15) is 9.78 Å². The zero-order valence-corrected chi connectivity index (χ0v) is 19.6. The Labute approximate surface area is 193 Å². The second-order valence-corrected chi connectivity index (χ2v) is 9.57. The van der Waals surface area contributed by atoms with Crippen molar-refractivity contribution in [3.63, 3.8) is 0 Å². The van der Waals surface area contributed by atoms with Gasteiger partial charge in [0.1, 0.15) is 5.82 Å². The standard InChI is InChI=1S/C25H32N6O2/c1-25(2,3)20-16-21(28-24(33)26-15-9-12-17-10-5-4-6-11-17)31(30-20)23-27-19-14-8-7-13-18(19)22(32)29-23/h4-6,10-11,16H,7-9,12-15H2,1-3H3,(H2,26,28,33)(H,27,29,32). The molecule has 3 N–H and O–H groups in total. The van der Waals surface area contributed by atoms with Gasteiger partial charge in [-0.05, 0) is 44.1 Å². The van der Waals surface area contributed by atoms with Crippen LogP contribution in [0.1, 0.15) is 62.5 Å². The molecule has 2 aromatic heterocycles. The van der Waals surface area contributed by atoms with Crippen molar-refractivity contribution >= 4 is 11.8 Å². The maximum Gasteiger partial charge on any atom is 0.320 e. The van der Waals surface area contributed by atoms with E-state index in [0.717, 1.165) is 55.5 Å². The van der Waals surface area contributed by atoms with Crippen molar-refractivity contribution in [2.75, 3.05) is 11.9 Å². The Hall–Kier alpha value is -3.42. The normalized spacial score (nSPS) is 13.4. The van der Waals surface area contributed by atoms with Crippen molar-refractivity contribution < 1.29 is 4.79 Å². The number of amides is 2. The summed E-state index contributed by atoms with van der Waals surface area (Å²) >= 11 is 0. The molecule has 8 nitrogen and oxygen atoms in total. The Bertz CT molecular complexity index is 1170. The fraction of sp³-hybridized carbons (Fsp3) is 0.440. The van der Waals surface area contributed by atoms with Gasteiger partial charge in [0.25, 0.3) is 5.56 Å². The molecule has 0 atom stereocenters. The summed E-state index contributed by atoms with van der Waals surface area (Å²) in [4.78, 5) is 32.8. The Morgan fingerprint density at radius 2 is 1.91 bits per heavy atom. The minimum Gasteiger partial charge on any atom is -0.338 e. The van der Waals surface area contributed by atoms with Gasteiger partial charge in [0, 0.05) is 23.6 Å². The van der Waals surface area contributed by atoms with Gasteiger partial charge >= 0.3 is 6.03 Å². The van der Waals surface area contributed by atoms with E-state index in [1.807, 2.05) is 24.3 Å². The average molecular weight is 449 g/mol. The highest BCUT2D eigenvalue weighted by atomic mass is 16.2. The van der Waals surface area contributed by atoms with Crippen LogP contribution < -0.4 is 16.2 Å². The Morgan fingerprint density at radius 3 is 2.67 bits per heavy atom. The molecule has 0 spiro atoms. The first-order valence-electron chi connectivity index (χ1n) is 11.6. The minimum absolute atomic E-state index is 0.126. The number of anilines is 1. The Kier molecular flexibility index (Phi) is 6.62. The fourth-order valence-electron chi connectivity index (χ4n) is 3.99. The fourth-order valence-corrected chi connectivity index (χ4v) is 3.99. The number of aromatic nitrogens is 4. The van der Waals surface area contributed by atoms with Crippen LogP contribution in [0, 0.1) is 0 Å². The molecule has 2 heterocycles. The molecule has 0 bridgehead atoms. The van der Waals surface area contributed by atoms with Gasteiger partial charge in [-0.1, -0.05) is 51.1 Å². The molecule has 174 valence electrons. The molecular formula is C25H32N6O2. The van der Waals surface area contributed by atoms with Crippen LogP contribution >= 0.6 is 0 Å². The number of hydrogen-bond acceptors (Lipinski definition) is 4. The van der Waals surface area contributed by atoms with Gasteiger partial charge in [0.2, 0.25) is 5.95 Å².